The van der Waals surface area contributed by atoms with Crippen LogP contribution in [0.5, 0.6) is 0 Å². The summed E-state index contributed by atoms with van der Waals surface area (Å²) in [4.78, 5) is 17.4. The van der Waals surface area contributed by atoms with Gasteiger partial charge in [-0.2, -0.15) is 5.10 Å². The van der Waals surface area contributed by atoms with Gasteiger partial charge in [0.2, 0.25) is 0 Å². The molecule has 1 amide bonds. The van der Waals surface area contributed by atoms with Gasteiger partial charge in [0, 0.05) is 30.6 Å². The van der Waals surface area contributed by atoms with Crippen LogP contribution in [0.15, 0.2) is 42.5 Å². The average molecular weight is 350 g/mol. The molecule has 1 N–H and O–H groups in total. The van der Waals surface area contributed by atoms with Gasteiger partial charge in [-0.15, -0.1) is 0 Å². The molecule has 2 aliphatic rings. The van der Waals surface area contributed by atoms with E-state index in [1.807, 2.05) is 23.1 Å². The first kappa shape index (κ1) is 15.5. The summed E-state index contributed by atoms with van der Waals surface area (Å²) >= 11 is 0. The molecule has 2 aliphatic heterocycles. The number of benzene rings is 2. The minimum atomic E-state index is -0.261. The summed E-state index contributed by atoms with van der Waals surface area (Å²) in [5, 5.41) is 8.08. The third-order valence-electron chi connectivity index (χ3n) is 5.72. The van der Waals surface area contributed by atoms with E-state index in [9.17, 15) is 9.18 Å². The summed E-state index contributed by atoms with van der Waals surface area (Å²) in [6.07, 6.45) is 1.05. The number of fused-ring (bicyclic) bond motifs is 3. The molecule has 6 heteroatoms. The fraction of sp³-hybridized carbons (Fsp3) is 0.300. The van der Waals surface area contributed by atoms with Crippen LogP contribution in [0.25, 0.3) is 22.0 Å². The Bertz CT molecular complexity index is 995. The first-order chi connectivity index (χ1) is 12.6. The quantitative estimate of drug-likeness (QED) is 0.773. The number of H-pyrrole nitrogens is 1. The molecule has 1 aromatic heterocycles. The Kier molecular flexibility index (Phi) is 3.37. The number of aromatic nitrogens is 2. The number of halogens is 1. The van der Waals surface area contributed by atoms with E-state index in [4.69, 9.17) is 0 Å². The van der Waals surface area contributed by atoms with E-state index in [1.165, 1.54) is 12.1 Å². The predicted octanol–water partition coefficient (Wildman–Crippen LogP) is 2.90. The number of rotatable bonds is 2. The Balaban J connectivity index is 1.51. The van der Waals surface area contributed by atoms with E-state index in [0.29, 0.717) is 11.7 Å². The van der Waals surface area contributed by atoms with Crippen LogP contribution >= 0.6 is 0 Å². The Morgan fingerprint density at radius 2 is 1.88 bits per heavy atom. The minimum absolute atomic E-state index is 0.00638. The number of likely N-dealkylation sites (tertiary alicyclic amines) is 2. The zero-order valence-corrected chi connectivity index (χ0v) is 14.4. The molecule has 0 saturated carbocycles. The second-order valence-corrected chi connectivity index (χ2v) is 7.28. The standard InChI is InChI=1S/C20H19FN4O/c1-24-10-16-9-15(24)11-25(16)20(26)19-17-8-13(4-7-18(17)22-23-19)12-2-5-14(21)6-3-12/h2-8,15-16H,9-11H2,1H3,(H,22,23)/t15-,16-/m0/s1. The molecule has 3 heterocycles. The molecule has 3 aromatic rings. The third kappa shape index (κ3) is 2.33. The van der Waals surface area contributed by atoms with Gasteiger partial charge in [-0.3, -0.25) is 14.8 Å². The molecular formula is C20H19FN4O. The van der Waals surface area contributed by atoms with Crippen molar-refractivity contribution >= 4 is 16.8 Å². The first-order valence-corrected chi connectivity index (χ1v) is 8.85. The van der Waals surface area contributed by atoms with Crippen LogP contribution in [-0.4, -0.2) is 58.1 Å². The molecule has 26 heavy (non-hydrogen) atoms. The summed E-state index contributed by atoms with van der Waals surface area (Å²) < 4.78 is 13.2. The molecule has 2 aromatic carbocycles. The van der Waals surface area contributed by atoms with Gasteiger partial charge < -0.3 is 4.90 Å². The van der Waals surface area contributed by atoms with Crippen LogP contribution in [0.4, 0.5) is 4.39 Å². The molecule has 5 nitrogen and oxygen atoms in total. The molecule has 132 valence electrons. The highest BCUT2D eigenvalue weighted by Crippen LogP contribution is 2.32. The lowest BCUT2D eigenvalue weighted by atomic mass is 10.0. The summed E-state index contributed by atoms with van der Waals surface area (Å²) in [5.74, 6) is -0.267. The smallest absolute Gasteiger partial charge is 0.275 e. The van der Waals surface area contributed by atoms with Crippen molar-refractivity contribution in [3.63, 3.8) is 0 Å². The number of hydrogen-bond acceptors (Lipinski definition) is 3. The van der Waals surface area contributed by atoms with Gasteiger partial charge in [-0.1, -0.05) is 18.2 Å². The molecule has 0 spiro atoms. The number of nitrogens with zero attached hydrogens (tertiary/aromatic N) is 3. The minimum Gasteiger partial charge on any atom is -0.331 e. The Morgan fingerprint density at radius 3 is 2.58 bits per heavy atom. The van der Waals surface area contributed by atoms with E-state index in [2.05, 4.69) is 22.1 Å². The second-order valence-electron chi connectivity index (χ2n) is 7.28. The Morgan fingerprint density at radius 1 is 1.12 bits per heavy atom. The molecular weight excluding hydrogens is 331 g/mol. The fourth-order valence-corrected chi connectivity index (χ4v) is 4.25. The van der Waals surface area contributed by atoms with Crippen molar-refractivity contribution in [2.45, 2.75) is 18.5 Å². The monoisotopic (exact) mass is 350 g/mol. The summed E-state index contributed by atoms with van der Waals surface area (Å²) in [5.41, 5.74) is 3.16. The Hall–Kier alpha value is -2.73. The van der Waals surface area contributed by atoms with Crippen LogP contribution in [0.2, 0.25) is 0 Å². The fourth-order valence-electron chi connectivity index (χ4n) is 4.25. The van der Waals surface area contributed by atoms with Gasteiger partial charge in [-0.25, -0.2) is 4.39 Å². The number of hydrogen-bond donors (Lipinski definition) is 1. The number of carbonyl (C=O) groups is 1. The number of likely N-dealkylation sites (N-methyl/N-ethyl adjacent to an activating group) is 1. The number of amides is 1. The maximum atomic E-state index is 13.2. The highest BCUT2D eigenvalue weighted by Gasteiger charge is 2.44. The van der Waals surface area contributed by atoms with E-state index >= 15 is 0 Å². The van der Waals surface area contributed by atoms with Gasteiger partial charge >= 0.3 is 0 Å². The van der Waals surface area contributed by atoms with Crippen molar-refractivity contribution in [3.05, 3.63) is 54.0 Å². The first-order valence-electron chi connectivity index (χ1n) is 8.85. The van der Waals surface area contributed by atoms with Crippen molar-refractivity contribution in [1.82, 2.24) is 20.0 Å². The molecule has 0 unspecified atom stereocenters. The van der Waals surface area contributed by atoms with Crippen molar-refractivity contribution in [1.29, 1.82) is 0 Å². The van der Waals surface area contributed by atoms with Gasteiger partial charge in [-0.05, 0) is 48.9 Å². The topological polar surface area (TPSA) is 52.2 Å². The van der Waals surface area contributed by atoms with Gasteiger partial charge in [0.1, 0.15) is 5.82 Å². The molecule has 5 rings (SSSR count). The number of nitrogens with one attached hydrogen (secondary N) is 1. The second kappa shape index (κ2) is 5.64. The lowest BCUT2D eigenvalue weighted by Crippen LogP contribution is -2.47. The van der Waals surface area contributed by atoms with Crippen molar-refractivity contribution < 1.29 is 9.18 Å². The summed E-state index contributed by atoms with van der Waals surface area (Å²) in [6.45, 7) is 1.70. The van der Waals surface area contributed by atoms with Crippen LogP contribution in [0.3, 0.4) is 0 Å². The highest BCUT2D eigenvalue weighted by molar-refractivity contribution is 6.06. The molecule has 2 atom stereocenters. The molecule has 0 radical (unpaired) electrons. The van der Waals surface area contributed by atoms with Crippen molar-refractivity contribution in [2.75, 3.05) is 20.1 Å². The number of piperazine rings is 1. The van der Waals surface area contributed by atoms with E-state index in [1.54, 1.807) is 12.1 Å². The van der Waals surface area contributed by atoms with E-state index in [0.717, 1.165) is 41.5 Å². The largest absolute Gasteiger partial charge is 0.331 e. The molecule has 2 saturated heterocycles. The summed E-state index contributed by atoms with van der Waals surface area (Å²) in [6, 6.07) is 12.9. The van der Waals surface area contributed by atoms with Crippen LogP contribution < -0.4 is 0 Å². The van der Waals surface area contributed by atoms with Crippen molar-refractivity contribution in [2.24, 2.45) is 0 Å². The SMILES string of the molecule is CN1C[C@@H]2C[C@H]1CN2C(=O)c1n[nH]c2ccc(-c3ccc(F)cc3)cc12. The Labute approximate surface area is 150 Å². The average Bonchev–Trinajstić information content (AvgIpc) is 3.34. The molecule has 2 fully saturated rings. The van der Waals surface area contributed by atoms with Gasteiger partial charge in [0.05, 0.1) is 5.52 Å². The van der Waals surface area contributed by atoms with Crippen molar-refractivity contribution in [3.8, 4) is 11.1 Å². The van der Waals surface area contributed by atoms with Gasteiger partial charge in [0.25, 0.3) is 5.91 Å². The zero-order chi connectivity index (χ0) is 17.8. The van der Waals surface area contributed by atoms with E-state index in [-0.39, 0.29) is 17.8 Å². The van der Waals surface area contributed by atoms with Crippen LogP contribution in [-0.2, 0) is 0 Å². The third-order valence-corrected chi connectivity index (χ3v) is 5.72. The molecule has 0 aliphatic carbocycles. The lowest BCUT2D eigenvalue weighted by Gasteiger charge is -2.31. The lowest BCUT2D eigenvalue weighted by molar-refractivity contribution is 0.0646. The maximum absolute atomic E-state index is 13.2. The van der Waals surface area contributed by atoms with Crippen LogP contribution in [0.1, 0.15) is 16.9 Å². The van der Waals surface area contributed by atoms with E-state index < -0.39 is 0 Å². The maximum Gasteiger partial charge on any atom is 0.275 e. The van der Waals surface area contributed by atoms with Crippen LogP contribution in [0, 0.1) is 5.82 Å². The predicted molar refractivity (Wildman–Crippen MR) is 97.3 cm³/mol. The highest BCUT2D eigenvalue weighted by atomic mass is 19.1. The zero-order valence-electron chi connectivity index (χ0n) is 14.4. The number of carbonyl (C=O) groups excluding carboxylic acids is 1. The summed E-state index contributed by atoms with van der Waals surface area (Å²) in [7, 11) is 2.12. The molecule has 2 bridgehead atoms. The number of aromatic amines is 1. The van der Waals surface area contributed by atoms with Gasteiger partial charge in [0.15, 0.2) is 5.69 Å². The normalized spacial score (nSPS) is 22.5.